The molecule has 0 bridgehead atoms. The van der Waals surface area contributed by atoms with Crippen LogP contribution in [0.4, 0.5) is 0 Å². The minimum Gasteiger partial charge on any atom is -0.308 e. The van der Waals surface area contributed by atoms with E-state index in [4.69, 9.17) is 11.6 Å². The van der Waals surface area contributed by atoms with Crippen molar-refractivity contribution in [3.8, 4) is 0 Å². The quantitative estimate of drug-likeness (QED) is 0.684. The lowest BCUT2D eigenvalue weighted by atomic mass is 10.1. The topological polar surface area (TPSA) is 21.1 Å². The molecule has 3 nitrogen and oxygen atoms in total. The summed E-state index contributed by atoms with van der Waals surface area (Å²) in [6, 6.07) is 10.2. The second-order valence-electron chi connectivity index (χ2n) is 5.38. The van der Waals surface area contributed by atoms with E-state index >= 15 is 0 Å². The molecule has 21 heavy (non-hydrogen) atoms. The second-order valence-corrected chi connectivity index (χ2v) is 6.76. The van der Waals surface area contributed by atoms with Crippen molar-refractivity contribution >= 4 is 27.5 Å². The molecule has 1 unspecified atom stereocenters. The van der Waals surface area contributed by atoms with Gasteiger partial charge in [0.2, 0.25) is 0 Å². The molecule has 0 fully saturated rings. The Morgan fingerprint density at radius 2 is 2.00 bits per heavy atom. The zero-order valence-electron chi connectivity index (χ0n) is 12.5. The first-order chi connectivity index (χ1) is 10.1. The fourth-order valence-corrected chi connectivity index (χ4v) is 2.96. The summed E-state index contributed by atoms with van der Waals surface area (Å²) >= 11 is 10.1. The molecule has 1 aromatic carbocycles. The van der Waals surface area contributed by atoms with E-state index in [9.17, 15) is 0 Å². The molecule has 0 N–H and O–H groups in total. The number of aromatic nitrogens is 2. The van der Waals surface area contributed by atoms with Crippen LogP contribution in [-0.4, -0.2) is 35.3 Å². The Morgan fingerprint density at radius 1 is 1.29 bits per heavy atom. The monoisotopic (exact) mass is 369 g/mol. The second kappa shape index (κ2) is 7.97. The SMILES string of the molecule is CN(C)CCn1ncc(Br)c1CCC(Cl)c1ccccc1. The highest BCUT2D eigenvalue weighted by molar-refractivity contribution is 9.10. The van der Waals surface area contributed by atoms with Crippen LogP contribution >= 0.6 is 27.5 Å². The zero-order chi connectivity index (χ0) is 15.2. The maximum absolute atomic E-state index is 6.50. The predicted octanol–water partition coefficient (Wildman–Crippen LogP) is 4.12. The Kier molecular flexibility index (Phi) is 6.27. The van der Waals surface area contributed by atoms with Crippen LogP contribution < -0.4 is 0 Å². The van der Waals surface area contributed by atoms with E-state index < -0.39 is 0 Å². The van der Waals surface area contributed by atoms with E-state index in [1.54, 1.807) is 0 Å². The molecule has 1 aromatic heterocycles. The minimum atomic E-state index is 0.0373. The van der Waals surface area contributed by atoms with Crippen molar-refractivity contribution in [2.24, 2.45) is 0 Å². The number of halogens is 2. The maximum atomic E-state index is 6.50. The van der Waals surface area contributed by atoms with Gasteiger partial charge in [0, 0.05) is 6.54 Å². The highest BCUT2D eigenvalue weighted by atomic mass is 79.9. The van der Waals surface area contributed by atoms with Crippen molar-refractivity contribution in [2.75, 3.05) is 20.6 Å². The molecular formula is C16H21BrClN3. The Balaban J connectivity index is 1.98. The molecule has 0 amide bonds. The molecule has 0 aliphatic rings. The van der Waals surface area contributed by atoms with Crippen LogP contribution in [0.2, 0.25) is 0 Å². The molecular weight excluding hydrogens is 350 g/mol. The molecule has 2 aromatic rings. The molecule has 0 spiro atoms. The lowest BCUT2D eigenvalue weighted by molar-refractivity contribution is 0.369. The van der Waals surface area contributed by atoms with Gasteiger partial charge in [0.05, 0.1) is 28.3 Å². The van der Waals surface area contributed by atoms with Gasteiger partial charge in [-0.15, -0.1) is 11.6 Å². The van der Waals surface area contributed by atoms with Crippen molar-refractivity contribution in [2.45, 2.75) is 24.8 Å². The first kappa shape index (κ1) is 16.5. The highest BCUT2D eigenvalue weighted by Gasteiger charge is 2.13. The molecule has 1 atom stereocenters. The normalized spacial score (nSPS) is 12.8. The number of benzene rings is 1. The minimum absolute atomic E-state index is 0.0373. The molecule has 0 radical (unpaired) electrons. The summed E-state index contributed by atoms with van der Waals surface area (Å²) in [7, 11) is 4.14. The van der Waals surface area contributed by atoms with Crippen LogP contribution in [0.3, 0.4) is 0 Å². The van der Waals surface area contributed by atoms with Crippen molar-refractivity contribution < 1.29 is 0 Å². The van der Waals surface area contributed by atoms with Gasteiger partial charge in [-0.2, -0.15) is 5.10 Å². The number of hydrogen-bond donors (Lipinski definition) is 0. The Bertz CT molecular complexity index is 554. The van der Waals surface area contributed by atoms with Gasteiger partial charge < -0.3 is 4.90 Å². The Hall–Kier alpha value is -0.840. The van der Waals surface area contributed by atoms with Crippen LogP contribution in [0.15, 0.2) is 41.0 Å². The standard InChI is InChI=1S/C16H21BrClN3/c1-20(2)10-11-21-16(14(17)12-19-21)9-8-15(18)13-6-4-3-5-7-13/h3-7,12,15H,8-11H2,1-2H3. The van der Waals surface area contributed by atoms with E-state index in [1.165, 1.54) is 11.3 Å². The lowest BCUT2D eigenvalue weighted by Gasteiger charge is -2.14. The van der Waals surface area contributed by atoms with E-state index in [0.29, 0.717) is 0 Å². The summed E-state index contributed by atoms with van der Waals surface area (Å²) in [5, 5.41) is 4.48. The first-order valence-corrected chi connectivity index (χ1v) is 8.35. The lowest BCUT2D eigenvalue weighted by Crippen LogP contribution is -2.20. The summed E-state index contributed by atoms with van der Waals surface area (Å²) in [5.74, 6) is 0. The molecule has 0 saturated heterocycles. The number of rotatable bonds is 7. The first-order valence-electron chi connectivity index (χ1n) is 7.12. The maximum Gasteiger partial charge on any atom is 0.0635 e. The summed E-state index contributed by atoms with van der Waals surface area (Å²) in [4.78, 5) is 2.16. The third-order valence-electron chi connectivity index (χ3n) is 3.45. The number of hydrogen-bond acceptors (Lipinski definition) is 2. The summed E-state index contributed by atoms with van der Waals surface area (Å²) in [6.07, 6.45) is 3.69. The molecule has 0 aliphatic heterocycles. The van der Waals surface area contributed by atoms with Crippen LogP contribution in [0.1, 0.15) is 23.1 Å². The summed E-state index contributed by atoms with van der Waals surface area (Å²) in [6.45, 7) is 1.87. The van der Waals surface area contributed by atoms with E-state index in [2.05, 4.69) is 56.8 Å². The van der Waals surface area contributed by atoms with Gasteiger partial charge in [-0.25, -0.2) is 0 Å². The Labute approximate surface area is 140 Å². The van der Waals surface area contributed by atoms with E-state index in [-0.39, 0.29) is 5.38 Å². The third kappa shape index (κ3) is 4.83. The number of likely N-dealkylation sites (N-methyl/N-ethyl adjacent to an activating group) is 1. The van der Waals surface area contributed by atoms with Gasteiger partial charge in [-0.3, -0.25) is 4.68 Å². The van der Waals surface area contributed by atoms with Crippen LogP contribution in [0.25, 0.3) is 0 Å². The fourth-order valence-electron chi connectivity index (χ4n) is 2.22. The molecule has 114 valence electrons. The van der Waals surface area contributed by atoms with Gasteiger partial charge in [-0.05, 0) is 48.4 Å². The van der Waals surface area contributed by atoms with Crippen LogP contribution in [0.5, 0.6) is 0 Å². The molecule has 2 rings (SSSR count). The van der Waals surface area contributed by atoms with Crippen molar-refractivity contribution in [3.05, 3.63) is 52.3 Å². The highest BCUT2D eigenvalue weighted by Crippen LogP contribution is 2.27. The van der Waals surface area contributed by atoms with Crippen molar-refractivity contribution in [1.82, 2.24) is 14.7 Å². The van der Waals surface area contributed by atoms with E-state index in [1.807, 2.05) is 24.4 Å². The van der Waals surface area contributed by atoms with Crippen molar-refractivity contribution in [1.29, 1.82) is 0 Å². The fraction of sp³-hybridized carbons (Fsp3) is 0.438. The van der Waals surface area contributed by atoms with Crippen LogP contribution in [0, 0.1) is 0 Å². The van der Waals surface area contributed by atoms with Gasteiger partial charge in [-0.1, -0.05) is 30.3 Å². The smallest absolute Gasteiger partial charge is 0.0635 e. The molecule has 0 aliphatic carbocycles. The molecule has 1 heterocycles. The van der Waals surface area contributed by atoms with E-state index in [0.717, 1.165) is 30.4 Å². The molecule has 5 heteroatoms. The largest absolute Gasteiger partial charge is 0.308 e. The number of alkyl halides is 1. The van der Waals surface area contributed by atoms with Gasteiger partial charge in [0.25, 0.3) is 0 Å². The van der Waals surface area contributed by atoms with Gasteiger partial charge in [0.1, 0.15) is 0 Å². The molecule has 0 saturated carbocycles. The summed E-state index contributed by atoms with van der Waals surface area (Å²) < 4.78 is 3.14. The number of nitrogens with zero attached hydrogens (tertiary/aromatic N) is 3. The third-order valence-corrected chi connectivity index (χ3v) is 4.59. The van der Waals surface area contributed by atoms with Gasteiger partial charge in [0.15, 0.2) is 0 Å². The average Bonchev–Trinajstić information content (AvgIpc) is 2.84. The van der Waals surface area contributed by atoms with Gasteiger partial charge >= 0.3 is 0 Å². The zero-order valence-corrected chi connectivity index (χ0v) is 14.8. The Morgan fingerprint density at radius 3 is 2.67 bits per heavy atom. The van der Waals surface area contributed by atoms with Crippen molar-refractivity contribution in [3.63, 3.8) is 0 Å². The van der Waals surface area contributed by atoms with Crippen LogP contribution in [-0.2, 0) is 13.0 Å². The summed E-state index contributed by atoms with van der Waals surface area (Å²) in [5.41, 5.74) is 2.40. The predicted molar refractivity (Wildman–Crippen MR) is 91.8 cm³/mol. The average molecular weight is 371 g/mol.